The van der Waals surface area contributed by atoms with Crippen LogP contribution >= 0.6 is 11.8 Å². The standard InChI is InChI=1S/C16H17NS/c1-2-15-5-4-14(10-16(15)3-1)12-18-11-13-6-8-17-9-7-13/h4-10H,1-3,11-12H2. The summed E-state index contributed by atoms with van der Waals surface area (Å²) in [5, 5.41) is 0. The highest BCUT2D eigenvalue weighted by Gasteiger charge is 2.10. The van der Waals surface area contributed by atoms with E-state index in [0.717, 1.165) is 11.5 Å². The van der Waals surface area contributed by atoms with Crippen molar-refractivity contribution in [3.63, 3.8) is 0 Å². The summed E-state index contributed by atoms with van der Waals surface area (Å²) in [4.78, 5) is 4.04. The number of aryl methyl sites for hydroxylation is 2. The maximum atomic E-state index is 4.04. The second-order valence-electron chi connectivity index (χ2n) is 4.80. The Morgan fingerprint density at radius 1 is 0.889 bits per heavy atom. The molecule has 0 saturated heterocycles. The van der Waals surface area contributed by atoms with E-state index < -0.39 is 0 Å². The summed E-state index contributed by atoms with van der Waals surface area (Å²) in [7, 11) is 0. The Balaban J connectivity index is 1.57. The average Bonchev–Trinajstić information content (AvgIpc) is 2.87. The normalized spacial score (nSPS) is 13.6. The van der Waals surface area contributed by atoms with E-state index in [1.54, 1.807) is 11.1 Å². The predicted molar refractivity (Wildman–Crippen MR) is 77.7 cm³/mol. The topological polar surface area (TPSA) is 12.9 Å². The lowest BCUT2D eigenvalue weighted by Crippen LogP contribution is -1.88. The number of hydrogen-bond donors (Lipinski definition) is 0. The molecule has 0 bridgehead atoms. The summed E-state index contributed by atoms with van der Waals surface area (Å²) in [5.74, 6) is 2.18. The molecule has 0 unspecified atom stereocenters. The molecule has 1 aliphatic carbocycles. The molecule has 1 aliphatic rings. The third-order valence-corrected chi connectivity index (χ3v) is 4.52. The number of fused-ring (bicyclic) bond motifs is 1. The number of pyridine rings is 1. The van der Waals surface area contributed by atoms with Crippen molar-refractivity contribution in [3.05, 3.63) is 65.0 Å². The smallest absolute Gasteiger partial charge is 0.0270 e. The van der Waals surface area contributed by atoms with Crippen molar-refractivity contribution in [2.75, 3.05) is 0 Å². The zero-order valence-electron chi connectivity index (χ0n) is 10.4. The first-order valence-electron chi connectivity index (χ1n) is 6.49. The first-order valence-corrected chi connectivity index (χ1v) is 7.64. The monoisotopic (exact) mass is 255 g/mol. The molecule has 0 atom stereocenters. The van der Waals surface area contributed by atoms with Crippen molar-refractivity contribution in [1.82, 2.24) is 4.98 Å². The van der Waals surface area contributed by atoms with Crippen LogP contribution in [0.15, 0.2) is 42.7 Å². The second-order valence-corrected chi connectivity index (χ2v) is 5.79. The van der Waals surface area contributed by atoms with Gasteiger partial charge < -0.3 is 0 Å². The summed E-state index contributed by atoms with van der Waals surface area (Å²) >= 11 is 1.98. The molecule has 1 aromatic carbocycles. The lowest BCUT2D eigenvalue weighted by Gasteiger charge is -2.05. The first kappa shape index (κ1) is 11.8. The molecule has 18 heavy (non-hydrogen) atoms. The van der Waals surface area contributed by atoms with Crippen molar-refractivity contribution >= 4 is 11.8 Å². The van der Waals surface area contributed by atoms with Crippen LogP contribution in [0.4, 0.5) is 0 Å². The van der Waals surface area contributed by atoms with Crippen LogP contribution in [0.1, 0.15) is 28.7 Å². The van der Waals surface area contributed by atoms with Crippen molar-refractivity contribution in [1.29, 1.82) is 0 Å². The minimum absolute atomic E-state index is 1.07. The summed E-state index contributed by atoms with van der Waals surface area (Å²) in [5.41, 5.74) is 5.97. The molecule has 1 aromatic heterocycles. The minimum Gasteiger partial charge on any atom is -0.265 e. The van der Waals surface area contributed by atoms with E-state index in [1.807, 2.05) is 24.2 Å². The Morgan fingerprint density at radius 2 is 1.67 bits per heavy atom. The van der Waals surface area contributed by atoms with E-state index in [9.17, 15) is 0 Å². The molecular weight excluding hydrogens is 238 g/mol. The molecule has 0 spiro atoms. The zero-order chi connectivity index (χ0) is 12.2. The highest BCUT2D eigenvalue weighted by atomic mass is 32.2. The van der Waals surface area contributed by atoms with Gasteiger partial charge >= 0.3 is 0 Å². The Bertz CT molecular complexity index is 522. The molecule has 0 fully saturated rings. The van der Waals surface area contributed by atoms with Gasteiger partial charge in [0.25, 0.3) is 0 Å². The molecule has 3 rings (SSSR count). The van der Waals surface area contributed by atoms with E-state index in [4.69, 9.17) is 0 Å². The van der Waals surface area contributed by atoms with E-state index >= 15 is 0 Å². The number of aromatic nitrogens is 1. The molecule has 1 heterocycles. The molecule has 0 N–H and O–H groups in total. The van der Waals surface area contributed by atoms with Gasteiger partial charge in [-0.2, -0.15) is 11.8 Å². The minimum atomic E-state index is 1.07. The SMILES string of the molecule is c1cc(CSCc2ccc3c(c2)CCC3)ccn1. The van der Waals surface area contributed by atoms with Gasteiger partial charge in [0.2, 0.25) is 0 Å². The highest BCUT2D eigenvalue weighted by Crippen LogP contribution is 2.25. The van der Waals surface area contributed by atoms with Gasteiger partial charge in [0.05, 0.1) is 0 Å². The van der Waals surface area contributed by atoms with Gasteiger partial charge in [0.15, 0.2) is 0 Å². The highest BCUT2D eigenvalue weighted by molar-refractivity contribution is 7.97. The van der Waals surface area contributed by atoms with Crippen molar-refractivity contribution in [3.8, 4) is 0 Å². The van der Waals surface area contributed by atoms with Crippen molar-refractivity contribution in [2.45, 2.75) is 30.8 Å². The second kappa shape index (κ2) is 5.57. The molecular formula is C16H17NS. The molecule has 0 aliphatic heterocycles. The Kier molecular flexibility index (Phi) is 3.65. The molecule has 0 radical (unpaired) electrons. The van der Waals surface area contributed by atoms with Crippen molar-refractivity contribution < 1.29 is 0 Å². The number of benzene rings is 1. The summed E-state index contributed by atoms with van der Waals surface area (Å²) in [6.45, 7) is 0. The lowest BCUT2D eigenvalue weighted by atomic mass is 10.1. The van der Waals surface area contributed by atoms with Gasteiger partial charge in [-0.3, -0.25) is 4.98 Å². The Morgan fingerprint density at radius 3 is 2.56 bits per heavy atom. The summed E-state index contributed by atoms with van der Waals surface area (Å²) in [6, 6.07) is 11.2. The fraction of sp³-hybridized carbons (Fsp3) is 0.312. The Hall–Kier alpha value is -1.28. The van der Waals surface area contributed by atoms with E-state index in [-0.39, 0.29) is 0 Å². The van der Waals surface area contributed by atoms with Crippen LogP contribution in [0.25, 0.3) is 0 Å². The predicted octanol–water partition coefficient (Wildman–Crippen LogP) is 4.00. The number of thioether (sulfide) groups is 1. The number of nitrogens with zero attached hydrogens (tertiary/aromatic N) is 1. The van der Waals surface area contributed by atoms with Crippen LogP contribution in [0.5, 0.6) is 0 Å². The maximum absolute atomic E-state index is 4.04. The quantitative estimate of drug-likeness (QED) is 0.819. The van der Waals surface area contributed by atoms with Crippen LogP contribution in [-0.4, -0.2) is 4.98 Å². The zero-order valence-corrected chi connectivity index (χ0v) is 11.2. The Labute approximate surface area is 113 Å². The van der Waals surface area contributed by atoms with Gasteiger partial charge in [-0.05, 0) is 53.6 Å². The van der Waals surface area contributed by atoms with E-state index in [2.05, 4.69) is 35.3 Å². The molecule has 0 saturated carbocycles. The third-order valence-electron chi connectivity index (χ3n) is 3.45. The molecule has 2 heteroatoms. The average molecular weight is 255 g/mol. The maximum Gasteiger partial charge on any atom is 0.0270 e. The largest absolute Gasteiger partial charge is 0.265 e. The molecule has 1 nitrogen and oxygen atoms in total. The summed E-state index contributed by atoms with van der Waals surface area (Å²) < 4.78 is 0. The number of hydrogen-bond acceptors (Lipinski definition) is 2. The van der Waals surface area contributed by atoms with Crippen LogP contribution in [0, 0.1) is 0 Å². The molecule has 92 valence electrons. The van der Waals surface area contributed by atoms with Crippen LogP contribution in [0.2, 0.25) is 0 Å². The van der Waals surface area contributed by atoms with Gasteiger partial charge in [-0.25, -0.2) is 0 Å². The van der Waals surface area contributed by atoms with Crippen LogP contribution < -0.4 is 0 Å². The van der Waals surface area contributed by atoms with Gasteiger partial charge in [0, 0.05) is 23.9 Å². The molecule has 0 amide bonds. The van der Waals surface area contributed by atoms with E-state index in [1.165, 1.54) is 30.4 Å². The van der Waals surface area contributed by atoms with Gasteiger partial charge in [-0.15, -0.1) is 0 Å². The van der Waals surface area contributed by atoms with Crippen molar-refractivity contribution in [2.24, 2.45) is 0 Å². The van der Waals surface area contributed by atoms with Gasteiger partial charge in [-0.1, -0.05) is 18.2 Å². The van der Waals surface area contributed by atoms with Crippen LogP contribution in [0.3, 0.4) is 0 Å². The third kappa shape index (κ3) is 2.75. The molecule has 2 aromatic rings. The fourth-order valence-electron chi connectivity index (χ4n) is 2.48. The van der Waals surface area contributed by atoms with E-state index in [0.29, 0.717) is 0 Å². The number of rotatable bonds is 4. The van der Waals surface area contributed by atoms with Crippen LogP contribution in [-0.2, 0) is 24.3 Å². The first-order chi connectivity index (χ1) is 8.92. The fourth-order valence-corrected chi connectivity index (χ4v) is 3.43. The van der Waals surface area contributed by atoms with Gasteiger partial charge in [0.1, 0.15) is 0 Å². The summed E-state index contributed by atoms with van der Waals surface area (Å²) in [6.07, 6.45) is 7.62. The lowest BCUT2D eigenvalue weighted by molar-refractivity contribution is 0.911.